The summed E-state index contributed by atoms with van der Waals surface area (Å²) in [5.41, 5.74) is -1.20. The molecule has 0 spiro atoms. The van der Waals surface area contributed by atoms with Crippen molar-refractivity contribution in [2.75, 3.05) is 19.5 Å². The quantitative estimate of drug-likeness (QED) is 0.554. The molecule has 0 aromatic carbocycles. The third kappa shape index (κ3) is 3.08. The maximum atomic E-state index is 12.2. The van der Waals surface area contributed by atoms with Crippen LogP contribution >= 0.6 is 0 Å². The van der Waals surface area contributed by atoms with E-state index in [1.807, 2.05) is 0 Å². The molecule has 0 aromatic rings. The Balaban J connectivity index is 6.22. The summed E-state index contributed by atoms with van der Waals surface area (Å²) in [4.78, 5) is 24.3. The van der Waals surface area contributed by atoms with E-state index >= 15 is 0 Å². The topological polar surface area (TPSA) is 86.7 Å². The number of esters is 2. The minimum atomic E-state index is -4.08. The van der Waals surface area contributed by atoms with Gasteiger partial charge < -0.3 is 9.47 Å². The molecule has 0 aliphatic heterocycles. The van der Waals surface area contributed by atoms with Gasteiger partial charge >= 0.3 is 11.9 Å². The van der Waals surface area contributed by atoms with Crippen LogP contribution in [0.2, 0.25) is 0 Å². The van der Waals surface area contributed by atoms with Gasteiger partial charge in [0.15, 0.2) is 9.84 Å². The summed E-state index contributed by atoms with van der Waals surface area (Å²) in [6.45, 7) is 7.50. The van der Waals surface area contributed by atoms with Gasteiger partial charge in [-0.05, 0) is 13.8 Å². The second-order valence-electron chi connectivity index (χ2n) is 5.14. The summed E-state index contributed by atoms with van der Waals surface area (Å²) in [6, 6.07) is 0. The van der Waals surface area contributed by atoms with Crippen molar-refractivity contribution in [3.05, 3.63) is 0 Å². The average molecular weight is 294 g/mol. The monoisotopic (exact) mass is 294 g/mol. The number of carbonyl (C=O) groups excluding carboxylic acids is 2. The minimum Gasteiger partial charge on any atom is -0.464 e. The van der Waals surface area contributed by atoms with E-state index in [1.165, 1.54) is 20.8 Å². The van der Waals surface area contributed by atoms with Crippen molar-refractivity contribution in [1.29, 1.82) is 0 Å². The van der Waals surface area contributed by atoms with Crippen LogP contribution in [0.3, 0.4) is 0 Å². The van der Waals surface area contributed by atoms with E-state index in [0.717, 1.165) is 6.26 Å². The van der Waals surface area contributed by atoms with Crippen LogP contribution in [-0.4, -0.2) is 44.6 Å². The molecule has 19 heavy (non-hydrogen) atoms. The minimum absolute atomic E-state index is 0.0222. The van der Waals surface area contributed by atoms with Crippen molar-refractivity contribution in [2.24, 2.45) is 5.41 Å². The lowest BCUT2D eigenvalue weighted by atomic mass is 9.79. The summed E-state index contributed by atoms with van der Waals surface area (Å²) in [5.74, 6) is -2.19. The summed E-state index contributed by atoms with van der Waals surface area (Å²) >= 11 is 0. The molecule has 0 fully saturated rings. The molecule has 0 atom stereocenters. The second kappa shape index (κ2) is 5.90. The first-order chi connectivity index (χ1) is 8.46. The number of sulfone groups is 1. The molecular weight excluding hydrogens is 272 g/mol. The van der Waals surface area contributed by atoms with E-state index in [4.69, 9.17) is 9.47 Å². The molecule has 0 N–H and O–H groups in total. The number of hydrogen-bond donors (Lipinski definition) is 0. The summed E-state index contributed by atoms with van der Waals surface area (Å²) in [6.07, 6.45) is 0.839. The highest BCUT2D eigenvalue weighted by atomic mass is 32.2. The Kier molecular flexibility index (Phi) is 5.55. The molecule has 0 rings (SSSR count). The van der Waals surface area contributed by atoms with Crippen molar-refractivity contribution < 1.29 is 27.5 Å². The van der Waals surface area contributed by atoms with E-state index < -0.39 is 31.9 Å². The maximum absolute atomic E-state index is 12.2. The van der Waals surface area contributed by atoms with E-state index in [9.17, 15) is 18.0 Å². The molecule has 0 aliphatic carbocycles. The van der Waals surface area contributed by atoms with Gasteiger partial charge in [0.05, 0.1) is 13.2 Å². The fourth-order valence-corrected chi connectivity index (χ4v) is 3.86. The average Bonchev–Trinajstić information content (AvgIpc) is 2.13. The third-order valence-corrected chi connectivity index (χ3v) is 4.80. The molecule has 7 heteroatoms. The fraction of sp³-hybridized carbons (Fsp3) is 0.833. The number of ether oxygens (including phenoxy) is 2. The van der Waals surface area contributed by atoms with Gasteiger partial charge in [0.1, 0.15) is 0 Å². The Morgan fingerprint density at radius 3 is 1.42 bits per heavy atom. The maximum Gasteiger partial charge on any atom is 0.339 e. The van der Waals surface area contributed by atoms with E-state index in [1.54, 1.807) is 13.8 Å². The highest BCUT2D eigenvalue weighted by molar-refractivity contribution is 7.93. The van der Waals surface area contributed by atoms with Crippen LogP contribution in [-0.2, 0) is 28.9 Å². The Labute approximate surface area is 114 Å². The molecular formula is C12H22O6S. The lowest BCUT2D eigenvalue weighted by Gasteiger charge is -2.37. The molecule has 0 saturated carbocycles. The lowest BCUT2D eigenvalue weighted by molar-refractivity contribution is -0.163. The van der Waals surface area contributed by atoms with Crippen LogP contribution in [0.15, 0.2) is 0 Å². The van der Waals surface area contributed by atoms with E-state index in [2.05, 4.69) is 0 Å². The molecule has 0 bridgehead atoms. The van der Waals surface area contributed by atoms with Crippen molar-refractivity contribution in [3.63, 3.8) is 0 Å². The first-order valence-corrected chi connectivity index (χ1v) is 7.90. The normalized spacial score (nSPS) is 12.9. The van der Waals surface area contributed by atoms with Gasteiger partial charge in [-0.1, -0.05) is 20.8 Å². The lowest BCUT2D eigenvalue weighted by Crippen LogP contribution is -2.62. The molecule has 6 nitrogen and oxygen atoms in total. The zero-order valence-corrected chi connectivity index (χ0v) is 13.1. The predicted octanol–water partition coefficient (Wildman–Crippen LogP) is 0.942. The van der Waals surface area contributed by atoms with Gasteiger partial charge in [-0.25, -0.2) is 18.0 Å². The van der Waals surface area contributed by atoms with Gasteiger partial charge in [-0.3, -0.25) is 0 Å². The number of rotatable bonds is 5. The first kappa shape index (κ1) is 17.9. The Morgan fingerprint density at radius 1 is 0.947 bits per heavy atom. The largest absolute Gasteiger partial charge is 0.464 e. The Bertz CT molecular complexity index is 425. The van der Waals surface area contributed by atoms with Crippen LogP contribution in [0.25, 0.3) is 0 Å². The van der Waals surface area contributed by atoms with Crippen LogP contribution in [0.4, 0.5) is 0 Å². The molecule has 0 aromatic heterocycles. The summed E-state index contributed by atoms with van der Waals surface area (Å²) < 4.78 is 31.5. The Hall–Kier alpha value is -1.11. The SMILES string of the molecule is CCOC(=O)C(C(=O)OCC)(C(C)(C)C)S(C)(=O)=O. The van der Waals surface area contributed by atoms with Crippen LogP contribution < -0.4 is 0 Å². The zero-order chi connectivity index (χ0) is 15.5. The van der Waals surface area contributed by atoms with Crippen molar-refractivity contribution in [2.45, 2.75) is 39.4 Å². The van der Waals surface area contributed by atoms with Gasteiger partial charge in [-0.15, -0.1) is 0 Å². The van der Waals surface area contributed by atoms with Gasteiger partial charge in [0.25, 0.3) is 4.75 Å². The van der Waals surface area contributed by atoms with Gasteiger partial charge in [0.2, 0.25) is 0 Å². The summed E-state index contributed by atoms with van der Waals surface area (Å²) in [5, 5.41) is 0. The van der Waals surface area contributed by atoms with Crippen molar-refractivity contribution >= 4 is 21.8 Å². The molecule has 0 saturated heterocycles. The van der Waals surface area contributed by atoms with E-state index in [-0.39, 0.29) is 13.2 Å². The van der Waals surface area contributed by atoms with Crippen LogP contribution in [0.1, 0.15) is 34.6 Å². The molecule has 0 heterocycles. The fourth-order valence-electron chi connectivity index (χ4n) is 2.02. The highest BCUT2D eigenvalue weighted by Gasteiger charge is 2.65. The summed E-state index contributed by atoms with van der Waals surface area (Å²) in [7, 11) is -4.08. The van der Waals surface area contributed by atoms with Crippen LogP contribution in [0, 0.1) is 5.41 Å². The molecule has 0 radical (unpaired) electrons. The van der Waals surface area contributed by atoms with Crippen LogP contribution in [0.5, 0.6) is 0 Å². The second-order valence-corrected chi connectivity index (χ2v) is 7.30. The van der Waals surface area contributed by atoms with Crippen molar-refractivity contribution in [1.82, 2.24) is 0 Å². The van der Waals surface area contributed by atoms with Crippen molar-refractivity contribution in [3.8, 4) is 0 Å². The molecule has 112 valence electrons. The number of carbonyl (C=O) groups is 2. The van der Waals surface area contributed by atoms with Gasteiger partial charge in [-0.2, -0.15) is 0 Å². The Morgan fingerprint density at radius 2 is 1.26 bits per heavy atom. The third-order valence-electron chi connectivity index (χ3n) is 2.74. The highest BCUT2D eigenvalue weighted by Crippen LogP contribution is 2.39. The number of hydrogen-bond acceptors (Lipinski definition) is 6. The standard InChI is InChI=1S/C12H22O6S/c1-7-17-9(13)12(11(3,4)5,19(6,15)16)10(14)18-8-2/h7-8H2,1-6H3. The molecule has 0 unspecified atom stereocenters. The van der Waals surface area contributed by atoms with Gasteiger partial charge in [0, 0.05) is 11.7 Å². The molecule has 0 amide bonds. The first-order valence-electron chi connectivity index (χ1n) is 6.00. The molecule has 0 aliphatic rings. The zero-order valence-electron chi connectivity index (χ0n) is 12.3. The smallest absolute Gasteiger partial charge is 0.339 e. The predicted molar refractivity (Wildman–Crippen MR) is 70.3 cm³/mol. The van der Waals surface area contributed by atoms with E-state index in [0.29, 0.717) is 0 Å².